The second-order valence-electron chi connectivity index (χ2n) is 4.01. The Balaban J connectivity index is 2.52. The van der Waals surface area contributed by atoms with Gasteiger partial charge in [0.25, 0.3) is 5.91 Å². The molecule has 1 amide bonds. The standard InChI is InChI=1S/C13H15N3O3/c14-7-3-1-2-6-11(13(18)19)16-12(17)10-5-4-8-15-9-10/h4-5,8-9,11H,1-3,6H2,(H,16,17)(H,18,19)/t11-/m0/s1. The summed E-state index contributed by atoms with van der Waals surface area (Å²) in [6.07, 6.45) is 4.82. The third-order valence-corrected chi connectivity index (χ3v) is 2.56. The van der Waals surface area contributed by atoms with Gasteiger partial charge in [-0.05, 0) is 31.4 Å². The lowest BCUT2D eigenvalue weighted by molar-refractivity contribution is -0.139. The summed E-state index contributed by atoms with van der Waals surface area (Å²) in [6.45, 7) is 0. The van der Waals surface area contributed by atoms with Crippen LogP contribution < -0.4 is 5.32 Å². The number of nitriles is 1. The van der Waals surface area contributed by atoms with Gasteiger partial charge >= 0.3 is 5.97 Å². The summed E-state index contributed by atoms with van der Waals surface area (Å²) in [5.41, 5.74) is 0.325. The summed E-state index contributed by atoms with van der Waals surface area (Å²) in [6, 6.07) is 4.23. The third kappa shape index (κ3) is 5.17. The van der Waals surface area contributed by atoms with Gasteiger partial charge in [0.1, 0.15) is 6.04 Å². The summed E-state index contributed by atoms with van der Waals surface area (Å²) in [4.78, 5) is 26.6. The van der Waals surface area contributed by atoms with E-state index in [4.69, 9.17) is 10.4 Å². The normalized spacial score (nSPS) is 11.3. The maximum Gasteiger partial charge on any atom is 0.326 e. The molecule has 1 rings (SSSR count). The fourth-order valence-corrected chi connectivity index (χ4v) is 1.55. The number of nitrogens with one attached hydrogen (secondary N) is 1. The van der Waals surface area contributed by atoms with Crippen molar-refractivity contribution in [2.45, 2.75) is 31.7 Å². The predicted octanol–water partition coefficient (Wildman–Crippen LogP) is 1.35. The van der Waals surface area contributed by atoms with Crippen molar-refractivity contribution in [2.24, 2.45) is 0 Å². The van der Waals surface area contributed by atoms with E-state index >= 15 is 0 Å². The number of carboxylic acid groups (broad SMARTS) is 1. The molecule has 0 radical (unpaired) electrons. The Morgan fingerprint density at radius 3 is 2.84 bits per heavy atom. The van der Waals surface area contributed by atoms with Crippen LogP contribution in [0.3, 0.4) is 0 Å². The molecule has 1 heterocycles. The predicted molar refractivity (Wildman–Crippen MR) is 67.2 cm³/mol. The number of rotatable bonds is 7. The number of unbranched alkanes of at least 4 members (excludes halogenated alkanes) is 2. The quantitative estimate of drug-likeness (QED) is 0.721. The summed E-state index contributed by atoms with van der Waals surface area (Å²) >= 11 is 0. The highest BCUT2D eigenvalue weighted by Gasteiger charge is 2.20. The monoisotopic (exact) mass is 261 g/mol. The fourth-order valence-electron chi connectivity index (χ4n) is 1.55. The largest absolute Gasteiger partial charge is 0.480 e. The number of aromatic nitrogens is 1. The highest BCUT2D eigenvalue weighted by Crippen LogP contribution is 2.05. The molecule has 100 valence electrons. The van der Waals surface area contributed by atoms with E-state index in [0.29, 0.717) is 31.2 Å². The number of hydrogen-bond donors (Lipinski definition) is 2. The van der Waals surface area contributed by atoms with Crippen molar-refractivity contribution in [3.8, 4) is 6.07 Å². The average molecular weight is 261 g/mol. The van der Waals surface area contributed by atoms with E-state index in [9.17, 15) is 9.59 Å². The Hall–Kier alpha value is -2.42. The van der Waals surface area contributed by atoms with Crippen LogP contribution in [0.1, 0.15) is 36.0 Å². The molecule has 1 atom stereocenters. The van der Waals surface area contributed by atoms with Crippen LogP contribution in [-0.4, -0.2) is 28.0 Å². The molecule has 6 heteroatoms. The molecule has 0 aliphatic rings. The first-order valence-electron chi connectivity index (χ1n) is 5.96. The van der Waals surface area contributed by atoms with Crippen LogP contribution in [0.2, 0.25) is 0 Å². The van der Waals surface area contributed by atoms with Gasteiger partial charge < -0.3 is 10.4 Å². The first-order chi connectivity index (χ1) is 9.15. The van der Waals surface area contributed by atoms with Crippen LogP contribution in [0.15, 0.2) is 24.5 Å². The molecular formula is C13H15N3O3. The minimum absolute atomic E-state index is 0.309. The molecule has 0 aromatic carbocycles. The lowest BCUT2D eigenvalue weighted by Gasteiger charge is -2.13. The van der Waals surface area contributed by atoms with Crippen LogP contribution in [0.5, 0.6) is 0 Å². The van der Waals surface area contributed by atoms with Crippen LogP contribution in [0, 0.1) is 11.3 Å². The summed E-state index contributed by atoms with van der Waals surface area (Å²) in [5.74, 6) is -1.53. The Bertz CT molecular complexity index is 468. The Morgan fingerprint density at radius 2 is 2.26 bits per heavy atom. The van der Waals surface area contributed by atoms with Crippen molar-refractivity contribution in [3.05, 3.63) is 30.1 Å². The number of carbonyl (C=O) groups is 2. The lowest BCUT2D eigenvalue weighted by atomic mass is 10.1. The first-order valence-corrected chi connectivity index (χ1v) is 5.96. The number of carbonyl (C=O) groups excluding carboxylic acids is 1. The number of carboxylic acids is 1. The van der Waals surface area contributed by atoms with E-state index in [1.54, 1.807) is 12.1 Å². The van der Waals surface area contributed by atoms with Crippen LogP contribution in [-0.2, 0) is 4.79 Å². The highest BCUT2D eigenvalue weighted by atomic mass is 16.4. The van der Waals surface area contributed by atoms with E-state index in [-0.39, 0.29) is 0 Å². The molecule has 1 aromatic rings. The van der Waals surface area contributed by atoms with Gasteiger partial charge in [-0.15, -0.1) is 0 Å². The summed E-state index contributed by atoms with van der Waals surface area (Å²) < 4.78 is 0. The molecule has 0 bridgehead atoms. The zero-order valence-corrected chi connectivity index (χ0v) is 10.4. The van der Waals surface area contributed by atoms with Crippen LogP contribution >= 0.6 is 0 Å². The Kier molecular flexibility index (Phi) is 6.03. The Labute approximate surface area is 111 Å². The van der Waals surface area contributed by atoms with E-state index in [0.717, 1.165) is 0 Å². The number of aliphatic carboxylic acids is 1. The number of hydrogen-bond acceptors (Lipinski definition) is 4. The van der Waals surface area contributed by atoms with E-state index in [1.165, 1.54) is 12.4 Å². The summed E-state index contributed by atoms with van der Waals surface area (Å²) in [7, 11) is 0. The number of pyridine rings is 1. The van der Waals surface area contributed by atoms with Gasteiger partial charge in [0, 0.05) is 18.8 Å². The molecule has 2 N–H and O–H groups in total. The second-order valence-corrected chi connectivity index (χ2v) is 4.01. The van der Waals surface area contributed by atoms with Gasteiger partial charge in [0.05, 0.1) is 11.6 Å². The summed E-state index contributed by atoms with van der Waals surface area (Å²) in [5, 5.41) is 19.9. The topological polar surface area (TPSA) is 103 Å². The maximum absolute atomic E-state index is 11.8. The van der Waals surface area contributed by atoms with Crippen molar-refractivity contribution < 1.29 is 14.7 Å². The van der Waals surface area contributed by atoms with Gasteiger partial charge in [-0.2, -0.15) is 5.26 Å². The maximum atomic E-state index is 11.8. The van der Waals surface area contributed by atoms with Crippen molar-refractivity contribution in [1.82, 2.24) is 10.3 Å². The molecule has 0 saturated carbocycles. The average Bonchev–Trinajstić information content (AvgIpc) is 2.42. The van der Waals surface area contributed by atoms with Crippen LogP contribution in [0.4, 0.5) is 0 Å². The van der Waals surface area contributed by atoms with Crippen molar-refractivity contribution in [1.29, 1.82) is 5.26 Å². The SMILES string of the molecule is N#CCCCC[C@H](NC(=O)c1cccnc1)C(=O)O. The molecule has 0 saturated heterocycles. The van der Waals surface area contributed by atoms with Crippen molar-refractivity contribution in [3.63, 3.8) is 0 Å². The van der Waals surface area contributed by atoms with Crippen molar-refractivity contribution in [2.75, 3.05) is 0 Å². The van der Waals surface area contributed by atoms with Gasteiger partial charge in [-0.3, -0.25) is 9.78 Å². The molecule has 1 aromatic heterocycles. The molecular weight excluding hydrogens is 246 g/mol. The molecule has 0 aliphatic heterocycles. The van der Waals surface area contributed by atoms with E-state index < -0.39 is 17.9 Å². The molecule has 0 unspecified atom stereocenters. The first kappa shape index (κ1) is 14.6. The fraction of sp³-hybridized carbons (Fsp3) is 0.385. The number of nitrogens with zero attached hydrogens (tertiary/aromatic N) is 2. The smallest absolute Gasteiger partial charge is 0.326 e. The zero-order chi connectivity index (χ0) is 14.1. The van der Waals surface area contributed by atoms with Gasteiger partial charge in [0.15, 0.2) is 0 Å². The third-order valence-electron chi connectivity index (χ3n) is 2.56. The number of amides is 1. The van der Waals surface area contributed by atoms with Gasteiger partial charge in [-0.25, -0.2) is 4.79 Å². The lowest BCUT2D eigenvalue weighted by Crippen LogP contribution is -2.40. The van der Waals surface area contributed by atoms with E-state index in [1.807, 2.05) is 6.07 Å². The molecule has 0 spiro atoms. The zero-order valence-electron chi connectivity index (χ0n) is 10.4. The van der Waals surface area contributed by atoms with Crippen LogP contribution in [0.25, 0.3) is 0 Å². The van der Waals surface area contributed by atoms with Gasteiger partial charge in [0.2, 0.25) is 0 Å². The molecule has 0 fully saturated rings. The minimum atomic E-state index is -1.07. The minimum Gasteiger partial charge on any atom is -0.480 e. The van der Waals surface area contributed by atoms with Gasteiger partial charge in [-0.1, -0.05) is 0 Å². The van der Waals surface area contributed by atoms with Crippen molar-refractivity contribution >= 4 is 11.9 Å². The molecule has 19 heavy (non-hydrogen) atoms. The molecule has 6 nitrogen and oxygen atoms in total. The molecule has 0 aliphatic carbocycles. The second kappa shape index (κ2) is 7.82. The van der Waals surface area contributed by atoms with E-state index in [2.05, 4.69) is 10.3 Å². The Morgan fingerprint density at radius 1 is 1.47 bits per heavy atom. The highest BCUT2D eigenvalue weighted by molar-refractivity contribution is 5.96.